The smallest absolute Gasteiger partial charge is 0.353 e. The molecule has 3 rings (SSSR count). The summed E-state index contributed by atoms with van der Waals surface area (Å²) in [6, 6.07) is 6.05. The standard InChI is InChI=1S/C16H17F3N4O/c1-22-11(6-7-21-22)10-23-9-8-20-15(24)14(23)12-4-2-3-5-13(12)16(17,18)19/h2-7,14H,8-10H2,1H3,(H,20,24)/t14-/m1/s1. The van der Waals surface area contributed by atoms with Gasteiger partial charge < -0.3 is 5.32 Å². The van der Waals surface area contributed by atoms with Crippen molar-refractivity contribution in [2.24, 2.45) is 7.05 Å². The summed E-state index contributed by atoms with van der Waals surface area (Å²) < 4.78 is 41.7. The molecule has 1 saturated heterocycles. The van der Waals surface area contributed by atoms with E-state index in [1.165, 1.54) is 18.2 Å². The number of rotatable bonds is 3. The van der Waals surface area contributed by atoms with Gasteiger partial charge in [-0.05, 0) is 17.7 Å². The van der Waals surface area contributed by atoms with Crippen molar-refractivity contribution < 1.29 is 18.0 Å². The van der Waals surface area contributed by atoms with E-state index in [1.54, 1.807) is 28.9 Å². The molecule has 1 N–H and O–H groups in total. The molecule has 8 heteroatoms. The van der Waals surface area contributed by atoms with Crippen LogP contribution in [-0.2, 0) is 24.6 Å². The summed E-state index contributed by atoms with van der Waals surface area (Å²) in [7, 11) is 1.76. The van der Waals surface area contributed by atoms with Crippen molar-refractivity contribution in [1.82, 2.24) is 20.0 Å². The minimum absolute atomic E-state index is 0.0237. The first-order valence-corrected chi connectivity index (χ1v) is 7.52. The Kier molecular flexibility index (Phi) is 4.31. The van der Waals surface area contributed by atoms with Gasteiger partial charge in [-0.15, -0.1) is 0 Å². The fraction of sp³-hybridized carbons (Fsp3) is 0.375. The lowest BCUT2D eigenvalue weighted by Crippen LogP contribution is -2.50. The topological polar surface area (TPSA) is 50.2 Å². The zero-order valence-electron chi connectivity index (χ0n) is 13.0. The van der Waals surface area contributed by atoms with Crippen LogP contribution in [0.4, 0.5) is 13.2 Å². The highest BCUT2D eigenvalue weighted by Crippen LogP contribution is 2.37. The van der Waals surface area contributed by atoms with Crippen LogP contribution in [0.2, 0.25) is 0 Å². The van der Waals surface area contributed by atoms with Crippen LogP contribution in [0.5, 0.6) is 0 Å². The van der Waals surface area contributed by atoms with Gasteiger partial charge in [-0.3, -0.25) is 14.4 Å². The summed E-state index contributed by atoms with van der Waals surface area (Å²) in [5.41, 5.74) is 0.0330. The number of amides is 1. The zero-order valence-corrected chi connectivity index (χ0v) is 13.0. The number of hydrogen-bond donors (Lipinski definition) is 1. The molecule has 0 bridgehead atoms. The minimum Gasteiger partial charge on any atom is -0.353 e. The highest BCUT2D eigenvalue weighted by molar-refractivity contribution is 5.84. The Labute approximate surface area is 137 Å². The number of benzene rings is 1. The van der Waals surface area contributed by atoms with Gasteiger partial charge in [0.05, 0.1) is 11.3 Å². The first kappa shape index (κ1) is 16.5. The molecule has 1 atom stereocenters. The molecule has 0 radical (unpaired) electrons. The lowest BCUT2D eigenvalue weighted by molar-refractivity contribution is -0.140. The first-order valence-electron chi connectivity index (χ1n) is 7.52. The number of alkyl halides is 3. The van der Waals surface area contributed by atoms with E-state index in [9.17, 15) is 18.0 Å². The lowest BCUT2D eigenvalue weighted by atomic mass is 9.96. The molecule has 1 aromatic carbocycles. The number of carbonyl (C=O) groups is 1. The maximum atomic E-state index is 13.3. The van der Waals surface area contributed by atoms with Crippen molar-refractivity contribution >= 4 is 5.91 Å². The van der Waals surface area contributed by atoms with E-state index in [4.69, 9.17) is 0 Å². The average Bonchev–Trinajstić information content (AvgIpc) is 2.92. The van der Waals surface area contributed by atoms with Gasteiger partial charge >= 0.3 is 6.18 Å². The van der Waals surface area contributed by atoms with Crippen molar-refractivity contribution in [3.63, 3.8) is 0 Å². The molecular weight excluding hydrogens is 321 g/mol. The molecule has 5 nitrogen and oxygen atoms in total. The van der Waals surface area contributed by atoms with Crippen LogP contribution < -0.4 is 5.32 Å². The van der Waals surface area contributed by atoms with Crippen molar-refractivity contribution in [2.45, 2.75) is 18.8 Å². The molecule has 1 amide bonds. The van der Waals surface area contributed by atoms with E-state index >= 15 is 0 Å². The number of nitrogens with zero attached hydrogens (tertiary/aromatic N) is 3. The predicted octanol–water partition coefficient (Wildman–Crippen LogP) is 2.11. The third kappa shape index (κ3) is 3.14. The average molecular weight is 338 g/mol. The summed E-state index contributed by atoms with van der Waals surface area (Å²) in [4.78, 5) is 14.1. The number of halogens is 3. The first-order chi connectivity index (χ1) is 11.4. The quantitative estimate of drug-likeness (QED) is 0.933. The molecule has 0 saturated carbocycles. The van der Waals surface area contributed by atoms with Gasteiger partial charge in [0.1, 0.15) is 6.04 Å². The van der Waals surface area contributed by atoms with Crippen LogP contribution in [0.1, 0.15) is 22.9 Å². The van der Waals surface area contributed by atoms with E-state index in [2.05, 4.69) is 10.4 Å². The van der Waals surface area contributed by atoms with Crippen LogP contribution in [0, 0.1) is 0 Å². The monoisotopic (exact) mass is 338 g/mol. The Morgan fingerprint density at radius 1 is 1.29 bits per heavy atom. The molecule has 2 heterocycles. The fourth-order valence-corrected chi connectivity index (χ4v) is 2.98. The van der Waals surface area contributed by atoms with E-state index in [-0.39, 0.29) is 5.56 Å². The molecule has 2 aromatic rings. The Bertz CT molecular complexity index is 741. The largest absolute Gasteiger partial charge is 0.416 e. The van der Waals surface area contributed by atoms with Gasteiger partial charge in [0.15, 0.2) is 0 Å². The van der Waals surface area contributed by atoms with Crippen LogP contribution in [0.15, 0.2) is 36.5 Å². The van der Waals surface area contributed by atoms with Gasteiger partial charge in [-0.2, -0.15) is 18.3 Å². The van der Waals surface area contributed by atoms with Crippen molar-refractivity contribution in [3.05, 3.63) is 53.3 Å². The molecule has 0 aliphatic carbocycles. The molecule has 0 spiro atoms. The SMILES string of the molecule is Cn1nccc1CN1CCNC(=O)[C@H]1c1ccccc1C(F)(F)F. The maximum absolute atomic E-state index is 13.3. The van der Waals surface area contributed by atoms with Crippen LogP contribution in [0.3, 0.4) is 0 Å². The van der Waals surface area contributed by atoms with Crippen LogP contribution in [0.25, 0.3) is 0 Å². The van der Waals surface area contributed by atoms with E-state index in [1.807, 2.05) is 0 Å². The highest BCUT2D eigenvalue weighted by atomic mass is 19.4. The molecule has 1 aliphatic heterocycles. The fourth-order valence-electron chi connectivity index (χ4n) is 2.98. The minimum atomic E-state index is -4.51. The summed E-state index contributed by atoms with van der Waals surface area (Å²) in [6.07, 6.45) is -2.88. The lowest BCUT2D eigenvalue weighted by Gasteiger charge is -2.36. The summed E-state index contributed by atoms with van der Waals surface area (Å²) in [5, 5.41) is 6.73. The number of carbonyl (C=O) groups excluding carboxylic acids is 1. The van der Waals surface area contributed by atoms with Crippen molar-refractivity contribution in [2.75, 3.05) is 13.1 Å². The maximum Gasteiger partial charge on any atom is 0.416 e. The molecule has 0 unspecified atom stereocenters. The van der Waals surface area contributed by atoms with Crippen molar-refractivity contribution in [1.29, 1.82) is 0 Å². The van der Waals surface area contributed by atoms with Gasteiger partial charge in [0.2, 0.25) is 5.91 Å². The highest BCUT2D eigenvalue weighted by Gasteiger charge is 2.40. The van der Waals surface area contributed by atoms with Gasteiger partial charge in [0, 0.05) is 32.9 Å². The second-order valence-electron chi connectivity index (χ2n) is 5.70. The number of hydrogen-bond acceptors (Lipinski definition) is 3. The van der Waals surface area contributed by atoms with Gasteiger partial charge in [0.25, 0.3) is 0 Å². The van der Waals surface area contributed by atoms with Crippen LogP contribution >= 0.6 is 0 Å². The Hall–Kier alpha value is -2.35. The summed E-state index contributed by atoms with van der Waals surface area (Å²) in [5.74, 6) is -0.417. The normalized spacial score (nSPS) is 19.3. The Morgan fingerprint density at radius 2 is 2.04 bits per heavy atom. The molecule has 128 valence electrons. The van der Waals surface area contributed by atoms with Gasteiger partial charge in [-0.1, -0.05) is 18.2 Å². The molecular formula is C16H17F3N4O. The second-order valence-corrected chi connectivity index (χ2v) is 5.70. The van der Waals surface area contributed by atoms with E-state index in [0.717, 1.165) is 11.8 Å². The third-order valence-electron chi connectivity index (χ3n) is 4.16. The van der Waals surface area contributed by atoms with Crippen LogP contribution in [-0.4, -0.2) is 33.7 Å². The van der Waals surface area contributed by atoms with E-state index < -0.39 is 23.7 Å². The van der Waals surface area contributed by atoms with E-state index in [0.29, 0.717) is 19.6 Å². The number of nitrogens with one attached hydrogen (secondary N) is 1. The Morgan fingerprint density at radius 3 is 2.71 bits per heavy atom. The van der Waals surface area contributed by atoms with Crippen molar-refractivity contribution in [3.8, 4) is 0 Å². The molecule has 24 heavy (non-hydrogen) atoms. The molecule has 1 aromatic heterocycles. The zero-order chi connectivity index (χ0) is 17.3. The Balaban J connectivity index is 1.99. The molecule has 1 fully saturated rings. The summed E-state index contributed by atoms with van der Waals surface area (Å²) >= 11 is 0. The predicted molar refractivity (Wildman–Crippen MR) is 80.8 cm³/mol. The third-order valence-corrected chi connectivity index (χ3v) is 4.16. The number of aromatic nitrogens is 2. The second kappa shape index (κ2) is 6.27. The molecule has 1 aliphatic rings. The van der Waals surface area contributed by atoms with Gasteiger partial charge in [-0.25, -0.2) is 0 Å². The number of aryl methyl sites for hydroxylation is 1. The number of piperazine rings is 1. The summed E-state index contributed by atoms with van der Waals surface area (Å²) in [6.45, 7) is 1.22.